The number of amides is 1. The Balaban J connectivity index is 2.23. The summed E-state index contributed by atoms with van der Waals surface area (Å²) in [4.78, 5) is 35.8. The molecule has 0 unspecified atom stereocenters. The molecule has 1 saturated carbocycles. The van der Waals surface area contributed by atoms with Crippen molar-refractivity contribution >= 4 is 23.3 Å². The van der Waals surface area contributed by atoms with Crippen LogP contribution in [0.15, 0.2) is 18.2 Å². The Hall–Kier alpha value is -2.64. The van der Waals surface area contributed by atoms with Crippen LogP contribution in [-0.4, -0.2) is 45.9 Å². The maximum Gasteiger partial charge on any atom is 0.305 e. The molecule has 0 atom stereocenters. The molecule has 0 saturated heterocycles. The Bertz CT molecular complexity index is 670. The van der Waals surface area contributed by atoms with Gasteiger partial charge in [-0.1, -0.05) is 13.8 Å². The average Bonchev–Trinajstić information content (AvgIpc) is 3.34. The summed E-state index contributed by atoms with van der Waals surface area (Å²) in [7, 11) is 0. The van der Waals surface area contributed by atoms with Crippen molar-refractivity contribution in [1.29, 1.82) is 0 Å². The van der Waals surface area contributed by atoms with Crippen molar-refractivity contribution in [2.24, 2.45) is 5.92 Å². The molecule has 136 valence electrons. The van der Waals surface area contributed by atoms with E-state index in [0.717, 1.165) is 12.8 Å². The fraction of sp³-hybridized carbons (Fsp3) is 0.529. The molecule has 1 aromatic carbocycles. The standard InChI is InChI=1S/C17H23N3O5/c1-11(2)10-19(8-7-16(21)22)17(23)12-3-6-14(18-13-4-5-13)15(9-12)20(24)25/h3,6,9,11,13,18H,4-5,7-8,10H2,1-2H3,(H,21,22). The summed E-state index contributed by atoms with van der Waals surface area (Å²) in [5.41, 5.74) is 0.463. The molecule has 1 fully saturated rings. The molecule has 1 aliphatic rings. The molecule has 1 aromatic rings. The van der Waals surface area contributed by atoms with E-state index in [-0.39, 0.29) is 36.2 Å². The highest BCUT2D eigenvalue weighted by molar-refractivity contribution is 5.96. The highest BCUT2D eigenvalue weighted by Gasteiger charge is 2.26. The Kier molecular flexibility index (Phi) is 5.95. The molecule has 0 bridgehead atoms. The molecule has 8 heteroatoms. The Morgan fingerprint density at radius 1 is 1.40 bits per heavy atom. The molecule has 2 rings (SSSR count). The van der Waals surface area contributed by atoms with Crippen LogP contribution in [0.3, 0.4) is 0 Å². The smallest absolute Gasteiger partial charge is 0.305 e. The molecular weight excluding hydrogens is 326 g/mol. The number of carboxylic acids is 1. The third-order valence-corrected chi connectivity index (χ3v) is 3.85. The number of nitro groups is 1. The van der Waals surface area contributed by atoms with Crippen LogP contribution in [0.4, 0.5) is 11.4 Å². The first-order valence-electron chi connectivity index (χ1n) is 8.34. The van der Waals surface area contributed by atoms with Gasteiger partial charge >= 0.3 is 5.97 Å². The van der Waals surface area contributed by atoms with Gasteiger partial charge in [-0.3, -0.25) is 19.7 Å². The van der Waals surface area contributed by atoms with Crippen LogP contribution in [-0.2, 0) is 4.79 Å². The fourth-order valence-corrected chi connectivity index (χ4v) is 2.52. The van der Waals surface area contributed by atoms with Crippen LogP contribution in [0, 0.1) is 16.0 Å². The lowest BCUT2D eigenvalue weighted by Gasteiger charge is -2.24. The summed E-state index contributed by atoms with van der Waals surface area (Å²) in [6.45, 7) is 4.31. The van der Waals surface area contributed by atoms with Gasteiger partial charge in [-0.2, -0.15) is 0 Å². The molecule has 0 heterocycles. The van der Waals surface area contributed by atoms with Crippen LogP contribution in [0.1, 0.15) is 43.5 Å². The van der Waals surface area contributed by atoms with Crippen LogP contribution in [0.25, 0.3) is 0 Å². The minimum atomic E-state index is -0.989. The van der Waals surface area contributed by atoms with Crippen LogP contribution < -0.4 is 5.32 Å². The largest absolute Gasteiger partial charge is 0.481 e. The molecular formula is C17H23N3O5. The number of carbonyl (C=O) groups excluding carboxylic acids is 1. The van der Waals surface area contributed by atoms with Gasteiger partial charge in [0.1, 0.15) is 5.69 Å². The van der Waals surface area contributed by atoms with E-state index in [0.29, 0.717) is 12.2 Å². The molecule has 0 aromatic heterocycles. The minimum Gasteiger partial charge on any atom is -0.481 e. The summed E-state index contributed by atoms with van der Waals surface area (Å²) in [5.74, 6) is -1.23. The Morgan fingerprint density at radius 2 is 2.08 bits per heavy atom. The fourth-order valence-electron chi connectivity index (χ4n) is 2.52. The van der Waals surface area contributed by atoms with Crippen molar-refractivity contribution in [3.05, 3.63) is 33.9 Å². The predicted octanol–water partition coefficient (Wildman–Crippen LogP) is 2.74. The van der Waals surface area contributed by atoms with Crippen LogP contribution >= 0.6 is 0 Å². The number of benzene rings is 1. The zero-order valence-corrected chi connectivity index (χ0v) is 14.4. The predicted molar refractivity (Wildman–Crippen MR) is 92.7 cm³/mol. The van der Waals surface area contributed by atoms with Crippen molar-refractivity contribution in [2.75, 3.05) is 18.4 Å². The van der Waals surface area contributed by atoms with Gasteiger partial charge in [0, 0.05) is 30.8 Å². The number of hydrogen-bond acceptors (Lipinski definition) is 5. The van der Waals surface area contributed by atoms with Gasteiger partial charge in [-0.15, -0.1) is 0 Å². The number of nitro benzene ring substituents is 1. The summed E-state index contributed by atoms with van der Waals surface area (Å²) in [6.07, 6.45) is 1.80. The summed E-state index contributed by atoms with van der Waals surface area (Å²) < 4.78 is 0. The number of hydrogen-bond donors (Lipinski definition) is 2. The lowest BCUT2D eigenvalue weighted by Crippen LogP contribution is -2.36. The van der Waals surface area contributed by atoms with Crippen molar-refractivity contribution in [2.45, 2.75) is 39.2 Å². The Morgan fingerprint density at radius 3 is 2.60 bits per heavy atom. The van der Waals surface area contributed by atoms with Gasteiger partial charge in [0.15, 0.2) is 0 Å². The number of anilines is 1. The monoisotopic (exact) mass is 349 g/mol. The lowest BCUT2D eigenvalue weighted by atomic mass is 10.1. The van der Waals surface area contributed by atoms with Gasteiger partial charge in [-0.05, 0) is 30.9 Å². The van der Waals surface area contributed by atoms with Crippen LogP contribution in [0.2, 0.25) is 0 Å². The number of carbonyl (C=O) groups is 2. The van der Waals surface area contributed by atoms with E-state index in [4.69, 9.17) is 5.11 Å². The first-order chi connectivity index (χ1) is 11.8. The third kappa shape index (κ3) is 5.44. The highest BCUT2D eigenvalue weighted by Crippen LogP contribution is 2.31. The van der Waals surface area contributed by atoms with Gasteiger partial charge < -0.3 is 15.3 Å². The topological polar surface area (TPSA) is 113 Å². The molecule has 1 amide bonds. The van der Waals surface area contributed by atoms with E-state index in [9.17, 15) is 19.7 Å². The molecule has 25 heavy (non-hydrogen) atoms. The molecule has 0 aliphatic heterocycles. The SMILES string of the molecule is CC(C)CN(CCC(=O)O)C(=O)c1ccc(NC2CC2)c([N+](=O)[O-])c1. The Labute approximate surface area is 146 Å². The van der Waals surface area contributed by atoms with E-state index in [1.807, 2.05) is 13.8 Å². The second-order valence-electron chi connectivity index (χ2n) is 6.70. The second-order valence-corrected chi connectivity index (χ2v) is 6.70. The normalized spacial score (nSPS) is 13.6. The van der Waals surface area contributed by atoms with Crippen molar-refractivity contribution < 1.29 is 19.6 Å². The summed E-state index contributed by atoms with van der Waals surface area (Å²) in [5, 5.41) is 23.3. The maximum atomic E-state index is 12.7. The first kappa shape index (κ1) is 18.7. The number of nitrogens with one attached hydrogen (secondary N) is 1. The average molecular weight is 349 g/mol. The van der Waals surface area contributed by atoms with Gasteiger partial charge in [0.25, 0.3) is 11.6 Å². The van der Waals surface area contributed by atoms with Crippen molar-refractivity contribution in [3.8, 4) is 0 Å². The van der Waals surface area contributed by atoms with E-state index in [1.54, 1.807) is 12.1 Å². The van der Waals surface area contributed by atoms with Crippen molar-refractivity contribution in [3.63, 3.8) is 0 Å². The summed E-state index contributed by atoms with van der Waals surface area (Å²) in [6, 6.07) is 4.62. The van der Waals surface area contributed by atoms with Crippen LogP contribution in [0.5, 0.6) is 0 Å². The zero-order valence-electron chi connectivity index (χ0n) is 14.4. The number of rotatable bonds is 9. The van der Waals surface area contributed by atoms with Crippen molar-refractivity contribution in [1.82, 2.24) is 4.90 Å². The quantitative estimate of drug-likeness (QED) is 0.523. The highest BCUT2D eigenvalue weighted by atomic mass is 16.6. The number of aliphatic carboxylic acids is 1. The van der Waals surface area contributed by atoms with E-state index in [2.05, 4.69) is 5.32 Å². The first-order valence-corrected chi connectivity index (χ1v) is 8.34. The second kappa shape index (κ2) is 7.96. The number of carboxylic acid groups (broad SMARTS) is 1. The molecule has 1 aliphatic carbocycles. The zero-order chi connectivity index (χ0) is 18.6. The number of nitrogens with zero attached hydrogens (tertiary/aromatic N) is 2. The van der Waals surface area contributed by atoms with E-state index < -0.39 is 16.8 Å². The molecule has 2 N–H and O–H groups in total. The van der Waals surface area contributed by atoms with Gasteiger partial charge in [0.2, 0.25) is 0 Å². The summed E-state index contributed by atoms with van der Waals surface area (Å²) >= 11 is 0. The van der Waals surface area contributed by atoms with Gasteiger partial charge in [0.05, 0.1) is 11.3 Å². The van der Waals surface area contributed by atoms with E-state index >= 15 is 0 Å². The minimum absolute atomic E-state index is 0.0716. The lowest BCUT2D eigenvalue weighted by molar-refractivity contribution is -0.384. The molecule has 8 nitrogen and oxygen atoms in total. The molecule has 0 spiro atoms. The third-order valence-electron chi connectivity index (χ3n) is 3.85. The van der Waals surface area contributed by atoms with E-state index in [1.165, 1.54) is 11.0 Å². The molecule has 0 radical (unpaired) electrons. The maximum absolute atomic E-state index is 12.7. The van der Waals surface area contributed by atoms with Gasteiger partial charge in [-0.25, -0.2) is 0 Å².